The number of nitrogen functional groups attached to an aromatic ring is 1. The van der Waals surface area contributed by atoms with Gasteiger partial charge in [-0.25, -0.2) is 15.8 Å². The van der Waals surface area contributed by atoms with Gasteiger partial charge < -0.3 is 15.2 Å². The molecule has 2 heterocycles. The van der Waals surface area contributed by atoms with Gasteiger partial charge in [-0.2, -0.15) is 0 Å². The van der Waals surface area contributed by atoms with Gasteiger partial charge in [0.05, 0.1) is 0 Å². The Kier molecular flexibility index (Phi) is 3.99. The molecule has 116 valence electrons. The van der Waals surface area contributed by atoms with Crippen LogP contribution in [0.1, 0.15) is 43.0 Å². The van der Waals surface area contributed by atoms with E-state index in [-0.39, 0.29) is 0 Å². The van der Waals surface area contributed by atoms with Crippen LogP contribution in [0.3, 0.4) is 0 Å². The Morgan fingerprint density at radius 2 is 2.10 bits per heavy atom. The van der Waals surface area contributed by atoms with Gasteiger partial charge in [-0.3, -0.25) is 0 Å². The van der Waals surface area contributed by atoms with Gasteiger partial charge in [0.1, 0.15) is 17.5 Å². The Morgan fingerprint density at radius 3 is 2.67 bits per heavy atom. The number of rotatable bonds is 5. The van der Waals surface area contributed by atoms with Crippen molar-refractivity contribution in [2.45, 2.75) is 44.6 Å². The van der Waals surface area contributed by atoms with Crippen molar-refractivity contribution in [2.75, 3.05) is 37.5 Å². The van der Waals surface area contributed by atoms with E-state index < -0.39 is 0 Å². The van der Waals surface area contributed by atoms with Crippen LogP contribution in [0.15, 0.2) is 0 Å². The molecular formula is C15H26N6. The lowest BCUT2D eigenvalue weighted by molar-refractivity contribution is 0.314. The molecule has 1 atom stereocenters. The second-order valence-corrected chi connectivity index (χ2v) is 6.45. The first-order valence-corrected chi connectivity index (χ1v) is 7.86. The molecule has 1 aliphatic carbocycles. The maximum absolute atomic E-state index is 5.63. The minimum absolute atomic E-state index is 0.527. The Morgan fingerprint density at radius 1 is 1.33 bits per heavy atom. The molecule has 0 bridgehead atoms. The first-order valence-electron chi connectivity index (χ1n) is 7.86. The SMILES string of the molecule is Cc1c(NN)nc(C2CC2)nc1N(C)CC1CCCN1C. The zero-order valence-electron chi connectivity index (χ0n) is 13.3. The average molecular weight is 290 g/mol. The molecule has 1 aromatic rings. The van der Waals surface area contributed by atoms with Crippen LogP contribution in [0, 0.1) is 6.92 Å². The number of hydrazine groups is 1. The van der Waals surface area contributed by atoms with Crippen molar-refractivity contribution < 1.29 is 0 Å². The Labute approximate surface area is 126 Å². The number of hydrogen-bond donors (Lipinski definition) is 2. The van der Waals surface area contributed by atoms with E-state index in [2.05, 4.69) is 34.3 Å². The van der Waals surface area contributed by atoms with Crippen LogP contribution in [0.5, 0.6) is 0 Å². The van der Waals surface area contributed by atoms with Gasteiger partial charge in [-0.15, -0.1) is 0 Å². The predicted octanol–water partition coefficient (Wildman–Crippen LogP) is 1.48. The average Bonchev–Trinajstić information content (AvgIpc) is 3.24. The number of nitrogens with one attached hydrogen (secondary N) is 1. The van der Waals surface area contributed by atoms with Crippen molar-refractivity contribution >= 4 is 11.6 Å². The molecule has 6 nitrogen and oxygen atoms in total. The normalized spacial score (nSPS) is 22.6. The summed E-state index contributed by atoms with van der Waals surface area (Å²) < 4.78 is 0. The lowest BCUT2D eigenvalue weighted by atomic mass is 10.2. The summed E-state index contributed by atoms with van der Waals surface area (Å²) in [5.41, 5.74) is 3.76. The summed E-state index contributed by atoms with van der Waals surface area (Å²) in [5, 5.41) is 0. The molecule has 1 saturated carbocycles. The first kappa shape index (κ1) is 14.5. The Balaban J connectivity index is 1.83. The molecule has 3 N–H and O–H groups in total. The molecule has 0 spiro atoms. The lowest BCUT2D eigenvalue weighted by Crippen LogP contribution is -2.37. The van der Waals surface area contributed by atoms with E-state index in [9.17, 15) is 0 Å². The standard InChI is InChI=1S/C15H26N6/c1-10-13(19-16)17-14(11-6-7-11)18-15(10)21(3)9-12-5-4-8-20(12)2/h11-12H,4-9,16H2,1-3H3,(H,17,18,19). The molecule has 0 aromatic carbocycles. The summed E-state index contributed by atoms with van der Waals surface area (Å²) in [6.45, 7) is 4.24. The monoisotopic (exact) mass is 290 g/mol. The van der Waals surface area contributed by atoms with Crippen LogP contribution in [0.25, 0.3) is 0 Å². The number of likely N-dealkylation sites (tertiary alicyclic amines) is 1. The molecule has 1 aliphatic heterocycles. The highest BCUT2D eigenvalue weighted by Crippen LogP contribution is 2.40. The summed E-state index contributed by atoms with van der Waals surface area (Å²) in [6, 6.07) is 0.614. The van der Waals surface area contributed by atoms with Crippen LogP contribution in [-0.4, -0.2) is 48.1 Å². The van der Waals surface area contributed by atoms with Gasteiger partial charge in [0, 0.05) is 31.1 Å². The second-order valence-electron chi connectivity index (χ2n) is 6.45. The minimum Gasteiger partial charge on any atom is -0.358 e. The van der Waals surface area contributed by atoms with E-state index in [4.69, 9.17) is 10.8 Å². The number of aromatic nitrogens is 2. The lowest BCUT2D eigenvalue weighted by Gasteiger charge is -2.28. The van der Waals surface area contributed by atoms with Crippen molar-refractivity contribution in [3.63, 3.8) is 0 Å². The van der Waals surface area contributed by atoms with Gasteiger partial charge in [-0.1, -0.05) is 0 Å². The summed E-state index contributed by atoms with van der Waals surface area (Å²) in [6.07, 6.45) is 4.95. The summed E-state index contributed by atoms with van der Waals surface area (Å²) >= 11 is 0. The summed E-state index contributed by atoms with van der Waals surface area (Å²) in [7, 11) is 4.33. The Bertz CT molecular complexity index is 513. The van der Waals surface area contributed by atoms with Crippen molar-refractivity contribution in [3.8, 4) is 0 Å². The van der Waals surface area contributed by atoms with Crippen molar-refractivity contribution in [3.05, 3.63) is 11.4 Å². The Hall–Kier alpha value is -1.40. The highest BCUT2D eigenvalue weighted by Gasteiger charge is 2.29. The van der Waals surface area contributed by atoms with Gasteiger partial charge in [0.15, 0.2) is 0 Å². The number of nitrogens with two attached hydrogens (primary N) is 1. The number of anilines is 2. The molecule has 1 saturated heterocycles. The van der Waals surface area contributed by atoms with Crippen molar-refractivity contribution in [1.82, 2.24) is 14.9 Å². The van der Waals surface area contributed by atoms with Gasteiger partial charge in [0.25, 0.3) is 0 Å². The van der Waals surface area contributed by atoms with E-state index in [0.29, 0.717) is 12.0 Å². The molecule has 2 fully saturated rings. The predicted molar refractivity (Wildman–Crippen MR) is 85.5 cm³/mol. The number of hydrogen-bond acceptors (Lipinski definition) is 6. The molecule has 6 heteroatoms. The van der Waals surface area contributed by atoms with E-state index in [1.807, 2.05) is 6.92 Å². The minimum atomic E-state index is 0.527. The fourth-order valence-corrected chi connectivity index (χ4v) is 3.17. The third-order valence-corrected chi connectivity index (χ3v) is 4.73. The quantitative estimate of drug-likeness (QED) is 0.632. The van der Waals surface area contributed by atoms with E-state index >= 15 is 0 Å². The molecule has 1 unspecified atom stereocenters. The highest BCUT2D eigenvalue weighted by molar-refractivity contribution is 5.58. The van der Waals surface area contributed by atoms with Crippen LogP contribution >= 0.6 is 0 Å². The third kappa shape index (κ3) is 2.96. The largest absolute Gasteiger partial charge is 0.358 e. The van der Waals surface area contributed by atoms with Crippen LogP contribution in [0.4, 0.5) is 11.6 Å². The van der Waals surface area contributed by atoms with Crippen molar-refractivity contribution in [1.29, 1.82) is 0 Å². The zero-order valence-corrected chi connectivity index (χ0v) is 13.3. The maximum atomic E-state index is 5.63. The molecule has 2 aliphatic rings. The van der Waals surface area contributed by atoms with Crippen LogP contribution < -0.4 is 16.2 Å². The van der Waals surface area contributed by atoms with Gasteiger partial charge in [0.2, 0.25) is 0 Å². The third-order valence-electron chi connectivity index (χ3n) is 4.73. The fourth-order valence-electron chi connectivity index (χ4n) is 3.17. The number of likely N-dealkylation sites (N-methyl/N-ethyl adjacent to an activating group) is 2. The van der Waals surface area contributed by atoms with Crippen LogP contribution in [-0.2, 0) is 0 Å². The molecular weight excluding hydrogens is 264 g/mol. The molecule has 21 heavy (non-hydrogen) atoms. The molecule has 1 aromatic heterocycles. The zero-order chi connectivity index (χ0) is 15.0. The van der Waals surface area contributed by atoms with E-state index in [1.165, 1.54) is 32.2 Å². The van der Waals surface area contributed by atoms with E-state index in [0.717, 1.165) is 29.6 Å². The maximum Gasteiger partial charge on any atom is 0.148 e. The van der Waals surface area contributed by atoms with Crippen molar-refractivity contribution in [2.24, 2.45) is 5.84 Å². The smallest absolute Gasteiger partial charge is 0.148 e. The van der Waals surface area contributed by atoms with E-state index in [1.54, 1.807) is 0 Å². The fraction of sp³-hybridized carbons (Fsp3) is 0.733. The highest BCUT2D eigenvalue weighted by atomic mass is 15.3. The number of nitrogens with zero attached hydrogens (tertiary/aromatic N) is 4. The summed E-state index contributed by atoms with van der Waals surface area (Å²) in [4.78, 5) is 14.1. The van der Waals surface area contributed by atoms with Gasteiger partial charge in [-0.05, 0) is 46.2 Å². The molecule has 3 rings (SSSR count). The molecule has 0 amide bonds. The van der Waals surface area contributed by atoms with Crippen LogP contribution in [0.2, 0.25) is 0 Å². The first-order chi connectivity index (χ1) is 10.1. The summed E-state index contributed by atoms with van der Waals surface area (Å²) in [5.74, 6) is 8.87. The topological polar surface area (TPSA) is 70.3 Å². The molecule has 0 radical (unpaired) electrons. The van der Waals surface area contributed by atoms with Gasteiger partial charge >= 0.3 is 0 Å². The second kappa shape index (κ2) is 5.77.